The van der Waals surface area contributed by atoms with E-state index in [1.54, 1.807) is 12.4 Å². The van der Waals surface area contributed by atoms with Gasteiger partial charge in [-0.1, -0.05) is 35.6 Å². The lowest BCUT2D eigenvalue weighted by molar-refractivity contribution is 0.122. The topological polar surface area (TPSA) is 155 Å². The molecule has 1 fully saturated rings. The van der Waals surface area contributed by atoms with Crippen molar-refractivity contribution in [3.05, 3.63) is 42.2 Å². The molecule has 0 saturated carbocycles. The normalized spacial score (nSPS) is 15.1. The molecule has 33 heavy (non-hydrogen) atoms. The van der Waals surface area contributed by atoms with Crippen LogP contribution >= 0.6 is 11.3 Å². The van der Waals surface area contributed by atoms with Crippen LogP contribution in [0.3, 0.4) is 0 Å². The van der Waals surface area contributed by atoms with Crippen molar-refractivity contribution in [3.63, 3.8) is 0 Å². The van der Waals surface area contributed by atoms with Crippen LogP contribution in [0, 0.1) is 0 Å². The third-order valence-electron chi connectivity index (χ3n) is 5.08. The summed E-state index contributed by atoms with van der Waals surface area (Å²) in [6.45, 7) is 2.88. The zero-order valence-corrected chi connectivity index (χ0v) is 18.9. The maximum Gasteiger partial charge on any atom is 0.219 e. The van der Waals surface area contributed by atoms with Crippen LogP contribution in [-0.2, 0) is 22.5 Å². The molecule has 1 aliphatic heterocycles. The molecule has 4 heterocycles. The Morgan fingerprint density at radius 3 is 2.52 bits per heavy atom. The number of fused-ring (bicyclic) bond motifs is 1. The molecule has 0 spiro atoms. The van der Waals surface area contributed by atoms with E-state index < -0.39 is 11.3 Å². The third kappa shape index (κ3) is 4.82. The highest BCUT2D eigenvalue weighted by molar-refractivity contribution is 7.77. The maximum absolute atomic E-state index is 10.7. The second kappa shape index (κ2) is 9.41. The third-order valence-corrected chi connectivity index (χ3v) is 6.45. The van der Waals surface area contributed by atoms with Crippen molar-refractivity contribution >= 4 is 44.7 Å². The van der Waals surface area contributed by atoms with E-state index in [2.05, 4.69) is 19.6 Å². The first-order valence-corrected chi connectivity index (χ1v) is 12.0. The van der Waals surface area contributed by atoms with Gasteiger partial charge in [0.1, 0.15) is 15.4 Å². The van der Waals surface area contributed by atoms with E-state index in [4.69, 9.17) is 25.4 Å². The van der Waals surface area contributed by atoms with Crippen molar-refractivity contribution in [1.29, 1.82) is 0 Å². The van der Waals surface area contributed by atoms with Crippen molar-refractivity contribution in [2.75, 3.05) is 36.9 Å². The molecule has 11 nitrogen and oxygen atoms in total. The largest absolute Gasteiger partial charge is 0.760 e. The lowest BCUT2D eigenvalue weighted by Crippen LogP contribution is -2.37. The van der Waals surface area contributed by atoms with Gasteiger partial charge in [-0.25, -0.2) is 29.6 Å². The quantitative estimate of drug-likeness (QED) is 0.385. The molecule has 0 bridgehead atoms. The molecular formula is C20H19N8O3S2-. The van der Waals surface area contributed by atoms with Crippen molar-refractivity contribution < 1.29 is 13.5 Å². The average molecular weight is 484 g/mol. The molecule has 3 aromatic heterocycles. The number of hydrogen-bond acceptors (Lipinski definition) is 11. The van der Waals surface area contributed by atoms with Crippen LogP contribution in [0.2, 0.25) is 0 Å². The maximum atomic E-state index is 10.7. The number of nitrogen functional groups attached to an aromatic ring is 1. The van der Waals surface area contributed by atoms with E-state index in [9.17, 15) is 8.76 Å². The Bertz CT molecular complexity index is 1290. The van der Waals surface area contributed by atoms with Crippen molar-refractivity contribution in [2.24, 2.45) is 0 Å². The van der Waals surface area contributed by atoms with E-state index in [0.717, 1.165) is 32.3 Å². The SMILES string of the molecule is Nc1ncc(-c2nc(N3CCOCC3)c3nc(-c4ccc(CNS(=O)[O-])cc4)sc3n2)cn1. The van der Waals surface area contributed by atoms with Crippen LogP contribution in [0.5, 0.6) is 0 Å². The monoisotopic (exact) mass is 483 g/mol. The Labute approximate surface area is 195 Å². The summed E-state index contributed by atoms with van der Waals surface area (Å²) < 4.78 is 29.3. The summed E-state index contributed by atoms with van der Waals surface area (Å²) in [5.74, 6) is 1.44. The van der Waals surface area contributed by atoms with Crippen molar-refractivity contribution in [3.8, 4) is 22.0 Å². The summed E-state index contributed by atoms with van der Waals surface area (Å²) in [6, 6.07) is 7.57. The fourth-order valence-electron chi connectivity index (χ4n) is 3.42. The average Bonchev–Trinajstić information content (AvgIpc) is 3.28. The van der Waals surface area contributed by atoms with Gasteiger partial charge in [0, 0.05) is 48.9 Å². The summed E-state index contributed by atoms with van der Waals surface area (Å²) in [6.07, 6.45) is 3.21. The van der Waals surface area contributed by atoms with Crippen molar-refractivity contribution in [1.82, 2.24) is 29.6 Å². The molecule has 1 aromatic carbocycles. The van der Waals surface area contributed by atoms with E-state index in [1.807, 2.05) is 24.3 Å². The Morgan fingerprint density at radius 2 is 1.82 bits per heavy atom. The predicted molar refractivity (Wildman–Crippen MR) is 125 cm³/mol. The van der Waals surface area contributed by atoms with Gasteiger partial charge in [0.2, 0.25) is 5.95 Å². The Kier molecular flexibility index (Phi) is 6.20. The molecule has 0 aliphatic carbocycles. The van der Waals surface area contributed by atoms with Crippen molar-refractivity contribution in [2.45, 2.75) is 6.54 Å². The number of nitrogens with one attached hydrogen (secondary N) is 1. The zero-order valence-electron chi connectivity index (χ0n) is 17.3. The first-order valence-electron chi connectivity index (χ1n) is 10.1. The first-order chi connectivity index (χ1) is 16.1. The van der Waals surface area contributed by atoms with Crippen LogP contribution in [0.4, 0.5) is 11.8 Å². The molecule has 1 unspecified atom stereocenters. The number of rotatable bonds is 6. The second-order valence-corrected chi connectivity index (χ2v) is 8.96. The molecule has 4 aromatic rings. The number of morpholine rings is 1. The molecule has 1 atom stereocenters. The number of nitrogens with zero attached hydrogens (tertiary/aromatic N) is 6. The lowest BCUT2D eigenvalue weighted by atomic mass is 10.1. The Hall–Kier alpha value is -3.10. The number of thiazole rings is 1. The minimum atomic E-state index is -2.30. The van der Waals surface area contributed by atoms with Crippen LogP contribution in [0.1, 0.15) is 5.56 Å². The predicted octanol–water partition coefficient (Wildman–Crippen LogP) is 1.51. The standard InChI is InChI=1S/C20H20N8O3S2/c21-20-22-10-14(11-23-20)16-26-17(28-5-7-31-8-6-28)15-19(27-16)32-18(25-15)13-3-1-12(2-4-13)9-24-33(29)30/h1-4,10-11,24H,5-9H2,(H,29,30)(H2,21,22,23)/p-1. The van der Waals surface area contributed by atoms with Gasteiger partial charge in [0.05, 0.1) is 18.8 Å². The van der Waals surface area contributed by atoms with Crippen LogP contribution < -0.4 is 15.4 Å². The lowest BCUT2D eigenvalue weighted by Gasteiger charge is -2.28. The molecule has 1 saturated heterocycles. The van der Waals surface area contributed by atoms with Crippen LogP contribution in [0.15, 0.2) is 36.7 Å². The summed E-state index contributed by atoms with van der Waals surface area (Å²) in [5, 5.41) is 0.798. The number of aromatic nitrogens is 5. The van der Waals surface area contributed by atoms with Gasteiger partial charge in [-0.3, -0.25) is 4.21 Å². The van der Waals surface area contributed by atoms with Gasteiger partial charge >= 0.3 is 0 Å². The van der Waals surface area contributed by atoms with E-state index in [1.165, 1.54) is 11.3 Å². The van der Waals surface area contributed by atoms with Crippen LogP contribution in [-0.4, -0.2) is 60.0 Å². The molecular weight excluding hydrogens is 464 g/mol. The minimum Gasteiger partial charge on any atom is -0.760 e. The van der Waals surface area contributed by atoms with E-state index in [-0.39, 0.29) is 12.5 Å². The Balaban J connectivity index is 1.55. The van der Waals surface area contributed by atoms with Gasteiger partial charge < -0.3 is 19.9 Å². The van der Waals surface area contributed by atoms with Gasteiger partial charge in [-0.2, -0.15) is 0 Å². The summed E-state index contributed by atoms with van der Waals surface area (Å²) in [5.41, 5.74) is 8.79. The summed E-state index contributed by atoms with van der Waals surface area (Å²) in [7, 11) is 0. The molecule has 3 N–H and O–H groups in total. The molecule has 5 rings (SSSR count). The number of nitrogens with two attached hydrogens (primary N) is 1. The number of benzene rings is 1. The smallest absolute Gasteiger partial charge is 0.219 e. The number of hydrogen-bond donors (Lipinski definition) is 2. The molecule has 170 valence electrons. The number of ether oxygens (including phenoxy) is 1. The van der Waals surface area contributed by atoms with Gasteiger partial charge in [0.15, 0.2) is 11.6 Å². The van der Waals surface area contributed by atoms with E-state index >= 15 is 0 Å². The van der Waals surface area contributed by atoms with Crippen LogP contribution in [0.25, 0.3) is 32.3 Å². The van der Waals surface area contributed by atoms with Gasteiger partial charge in [-0.05, 0) is 5.56 Å². The number of anilines is 2. The molecule has 0 amide bonds. The zero-order chi connectivity index (χ0) is 22.8. The molecule has 1 aliphatic rings. The minimum absolute atomic E-state index is 0.188. The van der Waals surface area contributed by atoms with Gasteiger partial charge in [0.25, 0.3) is 0 Å². The first kappa shape index (κ1) is 21.7. The van der Waals surface area contributed by atoms with E-state index in [0.29, 0.717) is 37.7 Å². The fourth-order valence-corrected chi connectivity index (χ4v) is 4.64. The van der Waals surface area contributed by atoms with Gasteiger partial charge in [-0.15, -0.1) is 0 Å². The summed E-state index contributed by atoms with van der Waals surface area (Å²) >= 11 is -0.833. The fraction of sp³-hybridized carbons (Fsp3) is 0.250. The second-order valence-electron chi connectivity index (χ2n) is 7.23. The Morgan fingerprint density at radius 1 is 1.09 bits per heavy atom. The molecule has 0 radical (unpaired) electrons. The highest BCUT2D eigenvalue weighted by Crippen LogP contribution is 2.35. The summed E-state index contributed by atoms with van der Waals surface area (Å²) in [4.78, 5) is 25.4. The highest BCUT2D eigenvalue weighted by Gasteiger charge is 2.21. The highest BCUT2D eigenvalue weighted by atomic mass is 32.2. The molecule has 13 heteroatoms.